The van der Waals surface area contributed by atoms with Gasteiger partial charge in [0.25, 0.3) is 0 Å². The van der Waals surface area contributed by atoms with Gasteiger partial charge in [0, 0.05) is 11.1 Å². The normalized spacial score (nSPS) is 10.3. The highest BCUT2D eigenvalue weighted by molar-refractivity contribution is 7.15. The molecule has 14 heavy (non-hydrogen) atoms. The monoisotopic (exact) mass is 209 g/mol. The number of aliphatic carboxylic acids is 1. The van der Waals surface area contributed by atoms with Crippen molar-refractivity contribution in [1.29, 1.82) is 0 Å². The zero-order valence-corrected chi connectivity index (χ0v) is 7.95. The fraction of sp³-hybridized carbons (Fsp3) is 0.111. The van der Waals surface area contributed by atoms with Gasteiger partial charge in [-0.1, -0.05) is 0 Å². The van der Waals surface area contributed by atoms with Crippen LogP contribution in [0.5, 0.6) is 0 Å². The van der Waals surface area contributed by atoms with E-state index in [2.05, 4.69) is 4.98 Å². The van der Waals surface area contributed by atoms with Crippen molar-refractivity contribution in [2.75, 3.05) is 0 Å². The molecule has 2 aromatic rings. The predicted molar refractivity (Wildman–Crippen MR) is 51.2 cm³/mol. The minimum absolute atomic E-state index is 0.0123. The number of nitrogens with zero attached hydrogens (tertiary/aromatic N) is 1. The van der Waals surface area contributed by atoms with Gasteiger partial charge in [-0.25, -0.2) is 4.98 Å². The van der Waals surface area contributed by atoms with Gasteiger partial charge in [-0.15, -0.1) is 11.3 Å². The van der Waals surface area contributed by atoms with Gasteiger partial charge in [0.15, 0.2) is 10.8 Å². The summed E-state index contributed by atoms with van der Waals surface area (Å²) in [6.45, 7) is 0. The average molecular weight is 209 g/mol. The number of carboxylic acids is 1. The highest BCUT2D eigenvalue weighted by Crippen LogP contribution is 2.25. The first kappa shape index (κ1) is 8.96. The number of hydrogen-bond acceptors (Lipinski definition) is 4. The molecular formula is C9H7NO3S. The molecule has 0 aliphatic heterocycles. The predicted octanol–water partition coefficient (Wildman–Crippen LogP) is 2.03. The molecule has 5 heteroatoms. The first-order valence-electron chi connectivity index (χ1n) is 3.96. The number of furan rings is 1. The third-order valence-corrected chi connectivity index (χ3v) is 2.62. The van der Waals surface area contributed by atoms with Crippen LogP contribution < -0.4 is 0 Å². The smallest absolute Gasteiger partial charge is 0.308 e. The van der Waals surface area contributed by atoms with Crippen LogP contribution in [0.25, 0.3) is 10.8 Å². The summed E-state index contributed by atoms with van der Waals surface area (Å²) in [6, 6.07) is 3.57. The molecule has 4 nitrogen and oxygen atoms in total. The molecule has 0 fully saturated rings. The summed E-state index contributed by atoms with van der Waals surface area (Å²) in [6.07, 6.45) is 3.14. The van der Waals surface area contributed by atoms with Gasteiger partial charge in [0.05, 0.1) is 12.7 Å². The highest BCUT2D eigenvalue weighted by Gasteiger charge is 2.08. The van der Waals surface area contributed by atoms with Crippen molar-refractivity contribution < 1.29 is 14.3 Å². The molecule has 0 aliphatic rings. The molecule has 0 saturated heterocycles. The molecule has 0 atom stereocenters. The lowest BCUT2D eigenvalue weighted by Gasteiger charge is -1.87. The maximum absolute atomic E-state index is 10.4. The first-order valence-corrected chi connectivity index (χ1v) is 4.78. The zero-order chi connectivity index (χ0) is 9.97. The maximum Gasteiger partial charge on any atom is 0.308 e. The van der Waals surface area contributed by atoms with E-state index < -0.39 is 5.97 Å². The quantitative estimate of drug-likeness (QED) is 0.840. The van der Waals surface area contributed by atoms with Gasteiger partial charge < -0.3 is 9.52 Å². The Labute approximate surface area is 83.8 Å². The van der Waals surface area contributed by atoms with Gasteiger partial charge >= 0.3 is 5.97 Å². The highest BCUT2D eigenvalue weighted by atomic mass is 32.1. The molecule has 72 valence electrons. The number of carbonyl (C=O) groups is 1. The SMILES string of the molecule is O=C(O)Cc1cnc(-c2ccco2)s1. The lowest BCUT2D eigenvalue weighted by molar-refractivity contribution is -0.136. The standard InChI is InChI=1S/C9H7NO3S/c11-8(12)4-6-5-10-9(14-6)7-2-1-3-13-7/h1-3,5H,4H2,(H,11,12). The van der Waals surface area contributed by atoms with E-state index >= 15 is 0 Å². The molecule has 0 amide bonds. The third kappa shape index (κ3) is 1.82. The third-order valence-electron chi connectivity index (χ3n) is 1.61. The maximum atomic E-state index is 10.4. The number of thiazole rings is 1. The molecule has 2 aromatic heterocycles. The minimum atomic E-state index is -0.848. The van der Waals surface area contributed by atoms with E-state index in [4.69, 9.17) is 9.52 Å². The van der Waals surface area contributed by atoms with Crippen molar-refractivity contribution >= 4 is 17.3 Å². The van der Waals surface area contributed by atoms with Crippen molar-refractivity contribution in [2.24, 2.45) is 0 Å². The van der Waals surface area contributed by atoms with Crippen molar-refractivity contribution in [2.45, 2.75) is 6.42 Å². The summed E-state index contributed by atoms with van der Waals surface area (Å²) >= 11 is 1.33. The van der Waals surface area contributed by atoms with Crippen LogP contribution in [0.1, 0.15) is 4.88 Å². The molecule has 0 aliphatic carbocycles. The molecule has 0 unspecified atom stereocenters. The molecule has 2 heterocycles. The topological polar surface area (TPSA) is 63.3 Å². The molecule has 0 spiro atoms. The summed E-state index contributed by atoms with van der Waals surface area (Å²) < 4.78 is 5.14. The molecule has 0 bridgehead atoms. The first-order chi connectivity index (χ1) is 6.75. The van der Waals surface area contributed by atoms with E-state index in [1.165, 1.54) is 11.3 Å². The van der Waals surface area contributed by atoms with Gasteiger partial charge in [0.2, 0.25) is 0 Å². The molecule has 2 rings (SSSR count). The van der Waals surface area contributed by atoms with E-state index in [1.54, 1.807) is 24.6 Å². The Bertz CT molecular complexity index is 433. The van der Waals surface area contributed by atoms with Gasteiger partial charge in [0.1, 0.15) is 0 Å². The average Bonchev–Trinajstić information content (AvgIpc) is 2.69. The second kappa shape index (κ2) is 3.63. The van der Waals surface area contributed by atoms with Gasteiger partial charge in [-0.2, -0.15) is 0 Å². The summed E-state index contributed by atoms with van der Waals surface area (Å²) in [4.78, 5) is 15.2. The van der Waals surface area contributed by atoms with Crippen molar-refractivity contribution in [3.8, 4) is 10.8 Å². The van der Waals surface area contributed by atoms with E-state index in [1.807, 2.05) is 0 Å². The van der Waals surface area contributed by atoms with Crippen LogP contribution in [-0.4, -0.2) is 16.1 Å². The Balaban J connectivity index is 2.22. The van der Waals surface area contributed by atoms with Crippen LogP contribution >= 0.6 is 11.3 Å². The fourth-order valence-electron chi connectivity index (χ4n) is 1.05. The second-order valence-corrected chi connectivity index (χ2v) is 3.79. The number of rotatable bonds is 3. The van der Waals surface area contributed by atoms with Gasteiger partial charge in [-0.05, 0) is 12.1 Å². The molecule has 0 saturated carbocycles. The summed E-state index contributed by atoms with van der Waals surface area (Å²) in [7, 11) is 0. The lowest BCUT2D eigenvalue weighted by atomic mass is 10.4. The molecular weight excluding hydrogens is 202 g/mol. The van der Waals surface area contributed by atoms with E-state index in [0.717, 1.165) is 4.88 Å². The number of carboxylic acid groups (broad SMARTS) is 1. The lowest BCUT2D eigenvalue weighted by Crippen LogP contribution is -1.97. The zero-order valence-electron chi connectivity index (χ0n) is 7.14. The van der Waals surface area contributed by atoms with E-state index in [9.17, 15) is 4.79 Å². The van der Waals surface area contributed by atoms with Crippen LogP contribution in [-0.2, 0) is 11.2 Å². The van der Waals surface area contributed by atoms with Crippen LogP contribution in [0, 0.1) is 0 Å². The van der Waals surface area contributed by atoms with Crippen LogP contribution in [0.2, 0.25) is 0 Å². The van der Waals surface area contributed by atoms with Gasteiger partial charge in [-0.3, -0.25) is 4.79 Å². The van der Waals surface area contributed by atoms with Crippen LogP contribution in [0.4, 0.5) is 0 Å². The minimum Gasteiger partial charge on any atom is -0.481 e. The molecule has 1 N–H and O–H groups in total. The number of aromatic nitrogens is 1. The Morgan fingerprint density at radius 3 is 3.14 bits per heavy atom. The summed E-state index contributed by atoms with van der Waals surface area (Å²) in [5.74, 6) is -0.175. The summed E-state index contributed by atoms with van der Waals surface area (Å²) in [5, 5.41) is 9.28. The number of hydrogen-bond donors (Lipinski definition) is 1. The fourth-order valence-corrected chi connectivity index (χ4v) is 1.92. The largest absolute Gasteiger partial charge is 0.481 e. The van der Waals surface area contributed by atoms with Crippen LogP contribution in [0.15, 0.2) is 29.0 Å². The Hall–Kier alpha value is -1.62. The molecule has 0 radical (unpaired) electrons. The Morgan fingerprint density at radius 2 is 2.50 bits per heavy atom. The van der Waals surface area contributed by atoms with E-state index in [-0.39, 0.29) is 6.42 Å². The second-order valence-electron chi connectivity index (χ2n) is 2.68. The van der Waals surface area contributed by atoms with Crippen LogP contribution in [0.3, 0.4) is 0 Å². The Morgan fingerprint density at radius 1 is 1.64 bits per heavy atom. The van der Waals surface area contributed by atoms with Crippen molar-refractivity contribution in [1.82, 2.24) is 4.98 Å². The Kier molecular flexibility index (Phi) is 2.32. The van der Waals surface area contributed by atoms with Crippen molar-refractivity contribution in [3.05, 3.63) is 29.5 Å². The molecule has 0 aromatic carbocycles. The summed E-state index contributed by atoms with van der Waals surface area (Å²) in [5.41, 5.74) is 0. The van der Waals surface area contributed by atoms with E-state index in [0.29, 0.717) is 10.8 Å². The van der Waals surface area contributed by atoms with Crippen molar-refractivity contribution in [3.63, 3.8) is 0 Å².